The Morgan fingerprint density at radius 3 is 1.16 bits per heavy atom. The summed E-state index contributed by atoms with van der Waals surface area (Å²) in [5.74, 6) is -0.792. The first-order chi connectivity index (χ1) is 31.9. The number of phenols is 4. The second-order valence-electron chi connectivity index (χ2n) is 19.3. The lowest BCUT2D eigenvalue weighted by Crippen LogP contribution is -2.02. The molecule has 10 nitrogen and oxygen atoms in total. The number of aliphatic hydroxyl groups is 1. The Hall–Kier alpha value is -4.45. The van der Waals surface area contributed by atoms with Crippen molar-refractivity contribution in [3.63, 3.8) is 0 Å². The van der Waals surface area contributed by atoms with Crippen molar-refractivity contribution in [3.05, 3.63) is 113 Å². The van der Waals surface area contributed by atoms with Crippen molar-refractivity contribution in [2.45, 2.75) is 184 Å². The summed E-state index contributed by atoms with van der Waals surface area (Å²) in [5.41, 5.74) is 8.65. The molecule has 2 unspecified atom stereocenters. The molecule has 2 atom stereocenters. The number of aldehydes is 3. The van der Waals surface area contributed by atoms with Crippen molar-refractivity contribution in [3.8, 4) is 23.0 Å². The number of halogens is 2. The van der Waals surface area contributed by atoms with Crippen LogP contribution < -0.4 is 0 Å². The molecule has 0 bridgehead atoms. The highest BCUT2D eigenvalue weighted by molar-refractivity contribution is 6.33. The largest absolute Gasteiger partial charge is 0.507 e. The Bertz CT molecular complexity index is 2260. The van der Waals surface area contributed by atoms with Gasteiger partial charge in [0.1, 0.15) is 29.3 Å². The summed E-state index contributed by atoms with van der Waals surface area (Å²) in [4.78, 5) is 32.8. The fourth-order valence-corrected chi connectivity index (χ4v) is 7.95. The number of allylic oxidation sites excluding steroid dienone is 11. The van der Waals surface area contributed by atoms with Gasteiger partial charge in [0.15, 0.2) is 12.6 Å². The van der Waals surface area contributed by atoms with Gasteiger partial charge in [-0.05, 0) is 177 Å². The number of ether oxygens (including phenoxy) is 2. The lowest BCUT2D eigenvalue weighted by molar-refractivity contribution is -0.104. The fourth-order valence-electron chi connectivity index (χ4n) is 7.52. The van der Waals surface area contributed by atoms with E-state index in [1.807, 2.05) is 38.2 Å². The van der Waals surface area contributed by atoms with Gasteiger partial charge in [-0.2, -0.15) is 0 Å². The van der Waals surface area contributed by atoms with Crippen LogP contribution in [0.4, 0.5) is 0 Å². The molecule has 0 saturated carbocycles. The summed E-state index contributed by atoms with van der Waals surface area (Å²) in [6.07, 6.45) is 25.3. The molecule has 2 aliphatic heterocycles. The van der Waals surface area contributed by atoms with Gasteiger partial charge in [0.05, 0.1) is 51.2 Å². The van der Waals surface area contributed by atoms with Gasteiger partial charge in [-0.3, -0.25) is 14.4 Å². The molecule has 2 aromatic rings. The first-order valence-corrected chi connectivity index (χ1v) is 24.3. The van der Waals surface area contributed by atoms with Crippen LogP contribution in [0.5, 0.6) is 23.0 Å². The van der Waals surface area contributed by atoms with Crippen LogP contribution in [0.1, 0.15) is 176 Å². The zero-order chi connectivity index (χ0) is 51.5. The van der Waals surface area contributed by atoms with E-state index in [9.17, 15) is 34.8 Å². The smallest absolute Gasteiger partial charge is 0.154 e. The molecule has 0 spiro atoms. The number of benzene rings is 2. The molecule has 68 heavy (non-hydrogen) atoms. The molecule has 0 aliphatic carbocycles. The number of carbonyl (C=O) groups excluding carboxylic acids is 3. The molecule has 2 heterocycles. The van der Waals surface area contributed by atoms with Crippen molar-refractivity contribution < 1.29 is 49.4 Å². The van der Waals surface area contributed by atoms with Crippen LogP contribution in [0.2, 0.25) is 10.0 Å². The summed E-state index contributed by atoms with van der Waals surface area (Å²) in [6.45, 7) is 24.0. The average molecular weight is 982 g/mol. The van der Waals surface area contributed by atoms with Crippen LogP contribution in [0.25, 0.3) is 0 Å². The van der Waals surface area contributed by atoms with Crippen LogP contribution in [0.3, 0.4) is 0 Å². The summed E-state index contributed by atoms with van der Waals surface area (Å²) in [7, 11) is 0. The third-order valence-electron chi connectivity index (χ3n) is 12.7. The van der Waals surface area contributed by atoms with Gasteiger partial charge in [0.2, 0.25) is 0 Å². The highest BCUT2D eigenvalue weighted by Gasteiger charge is 2.47. The molecule has 2 aliphatic rings. The SMILES string of the molecule is C/C(=C\CO)CC/C=C(\C)CCC1OC1(C)C.C/C(=C\Cc1c(O)c(Cl)c(C)c(C=O)c1O)CC/C=C(\C)CCC1OC1(C)C.C/C(C=O)=C\CC/C(C)=C/Cc1c(O)c(Cl)c(C)c(C=O)c1O. The van der Waals surface area contributed by atoms with E-state index in [0.29, 0.717) is 47.9 Å². The molecule has 4 rings (SSSR count). The minimum absolute atomic E-state index is 0.0549. The Kier molecular flexibility index (Phi) is 24.8. The van der Waals surface area contributed by atoms with Gasteiger partial charge >= 0.3 is 0 Å². The molecule has 2 fully saturated rings. The number of phenolic OH excluding ortho intramolecular Hbond substituents is 4. The first-order valence-electron chi connectivity index (χ1n) is 23.6. The standard InChI is InChI=1S/C23H31ClO4.C18H21ClO4.C15H26O2/c1-14(7-6-8-15(2)10-12-19-23(4,5)28-19)9-11-17-21(26)18(13-25)16(3)20(24)22(17)27;1-11(5-4-6-12(2)9-20)7-8-14-17(22)15(10-21)13(3)16(19)18(14)23;1-12(6-5-7-13(2)10-11-16)8-9-14-15(3,4)17-14/h8-9,13,19,26-27H,6-7,10-12H2,1-5H3;6-7,9-10,22-23H,4-5,8H2,1-3H3;6,10,14,16H,5,7-9,11H2,1-4H3/b14-9+,15-8+;11-7+,12-6+;12-6+,13-10+. The van der Waals surface area contributed by atoms with Crippen molar-refractivity contribution in [1.82, 2.24) is 0 Å². The first kappa shape index (κ1) is 59.7. The number of epoxide rings is 2. The quantitative estimate of drug-likeness (QED) is 0.0312. The monoisotopic (exact) mass is 980 g/mol. The van der Waals surface area contributed by atoms with E-state index in [0.717, 1.165) is 81.6 Å². The van der Waals surface area contributed by atoms with E-state index in [2.05, 4.69) is 60.6 Å². The topological polar surface area (TPSA) is 177 Å². The van der Waals surface area contributed by atoms with Crippen LogP contribution >= 0.6 is 23.2 Å². The maximum absolute atomic E-state index is 11.2. The third kappa shape index (κ3) is 19.2. The normalized spacial score (nSPS) is 18.0. The van der Waals surface area contributed by atoms with Crippen molar-refractivity contribution in [1.29, 1.82) is 0 Å². The Labute approximate surface area is 416 Å². The lowest BCUT2D eigenvalue weighted by Gasteiger charge is -2.13. The summed E-state index contributed by atoms with van der Waals surface area (Å²) in [6, 6.07) is 0. The Balaban J connectivity index is 0.000000361. The zero-order valence-electron chi connectivity index (χ0n) is 42.6. The number of aromatic hydroxyl groups is 4. The van der Waals surface area contributed by atoms with E-state index in [-0.39, 0.29) is 79.5 Å². The average Bonchev–Trinajstić information content (AvgIpc) is 4.13. The molecule has 0 aromatic heterocycles. The summed E-state index contributed by atoms with van der Waals surface area (Å²) >= 11 is 12.1. The highest BCUT2D eigenvalue weighted by atomic mass is 35.5. The second kappa shape index (κ2) is 28.3. The van der Waals surface area contributed by atoms with Crippen LogP contribution in [-0.2, 0) is 27.1 Å². The van der Waals surface area contributed by atoms with Crippen molar-refractivity contribution in [2.24, 2.45) is 0 Å². The molecule has 2 aromatic carbocycles. The van der Waals surface area contributed by atoms with Gasteiger partial charge in [0, 0.05) is 11.1 Å². The summed E-state index contributed by atoms with van der Waals surface area (Å²) < 4.78 is 11.2. The second-order valence-corrected chi connectivity index (χ2v) is 20.1. The minimum atomic E-state index is -0.236. The molecular formula is C56H78Cl2O10. The van der Waals surface area contributed by atoms with Crippen LogP contribution in [-0.4, -0.2) is 74.4 Å². The van der Waals surface area contributed by atoms with E-state index < -0.39 is 0 Å². The van der Waals surface area contributed by atoms with Gasteiger partial charge in [0.25, 0.3) is 0 Å². The molecule has 5 N–H and O–H groups in total. The van der Waals surface area contributed by atoms with Gasteiger partial charge < -0.3 is 35.0 Å². The van der Waals surface area contributed by atoms with Crippen LogP contribution in [0.15, 0.2) is 69.9 Å². The predicted molar refractivity (Wildman–Crippen MR) is 277 cm³/mol. The minimum Gasteiger partial charge on any atom is -0.507 e. The van der Waals surface area contributed by atoms with Gasteiger partial charge in [-0.15, -0.1) is 0 Å². The van der Waals surface area contributed by atoms with Crippen LogP contribution in [0, 0.1) is 13.8 Å². The van der Waals surface area contributed by atoms with Gasteiger partial charge in [-0.1, -0.05) is 87.5 Å². The van der Waals surface area contributed by atoms with E-state index in [1.165, 1.54) is 16.7 Å². The van der Waals surface area contributed by atoms with Crippen molar-refractivity contribution in [2.75, 3.05) is 6.61 Å². The number of hydrogen-bond acceptors (Lipinski definition) is 10. The number of hydrogen-bond donors (Lipinski definition) is 5. The van der Waals surface area contributed by atoms with E-state index in [4.69, 9.17) is 37.8 Å². The lowest BCUT2D eigenvalue weighted by atomic mass is 9.98. The van der Waals surface area contributed by atoms with Crippen molar-refractivity contribution >= 4 is 42.1 Å². The molecule has 12 heteroatoms. The zero-order valence-corrected chi connectivity index (χ0v) is 44.1. The van der Waals surface area contributed by atoms with Gasteiger partial charge in [-0.25, -0.2) is 0 Å². The number of aliphatic hydroxyl groups excluding tert-OH is 1. The molecule has 2 saturated heterocycles. The predicted octanol–water partition coefficient (Wildman–Crippen LogP) is 13.9. The Morgan fingerprint density at radius 2 is 0.853 bits per heavy atom. The number of rotatable bonds is 23. The summed E-state index contributed by atoms with van der Waals surface area (Å²) in [5, 5.41) is 49.7. The number of carbonyl (C=O) groups is 3. The maximum Gasteiger partial charge on any atom is 0.154 e. The van der Waals surface area contributed by atoms with E-state index >= 15 is 0 Å². The third-order valence-corrected chi connectivity index (χ3v) is 13.6. The molecule has 0 amide bonds. The van der Waals surface area contributed by atoms with E-state index in [1.54, 1.807) is 20.8 Å². The molecule has 376 valence electrons. The fraction of sp³-hybridized carbons (Fsp3) is 0.518. The Morgan fingerprint density at radius 1 is 0.529 bits per heavy atom. The molecular weight excluding hydrogens is 904 g/mol. The molecule has 0 radical (unpaired) electrons. The maximum atomic E-state index is 11.2. The highest BCUT2D eigenvalue weighted by Crippen LogP contribution is 2.43.